The highest BCUT2D eigenvalue weighted by Crippen LogP contribution is 2.51. The molecule has 1 saturated heterocycles. The Bertz CT molecular complexity index is 854. The Morgan fingerprint density at radius 1 is 1.19 bits per heavy atom. The number of benzene rings is 2. The van der Waals surface area contributed by atoms with Gasteiger partial charge in [-0.3, -0.25) is 9.59 Å². The van der Waals surface area contributed by atoms with Crippen LogP contribution in [0.1, 0.15) is 17.2 Å². The standard InChI is InChI=1S/C20H17FINO3/c1-23-17(14-5-7-15(21)8-6-14)20(18(23)24,19(25)26-2)12-11-13-3-9-16(22)10-4-13/h3-12,17H,1-2H3/b12-11+/t17-,20+/m1/s1. The summed E-state index contributed by atoms with van der Waals surface area (Å²) in [5, 5.41) is 0. The Morgan fingerprint density at radius 2 is 1.81 bits per heavy atom. The molecule has 1 aliphatic rings. The van der Waals surface area contributed by atoms with Crippen LogP contribution < -0.4 is 0 Å². The molecule has 134 valence electrons. The van der Waals surface area contributed by atoms with E-state index >= 15 is 0 Å². The van der Waals surface area contributed by atoms with Crippen molar-refractivity contribution in [1.82, 2.24) is 4.90 Å². The molecule has 1 fully saturated rings. The predicted molar refractivity (Wildman–Crippen MR) is 105 cm³/mol. The molecule has 1 amide bonds. The molecule has 0 radical (unpaired) electrons. The molecule has 0 N–H and O–H groups in total. The Hall–Kier alpha value is -2.22. The Morgan fingerprint density at radius 3 is 2.38 bits per heavy atom. The van der Waals surface area contributed by atoms with Gasteiger partial charge in [0.25, 0.3) is 0 Å². The van der Waals surface area contributed by atoms with Crippen LogP contribution in [0.3, 0.4) is 0 Å². The first kappa shape index (κ1) is 18.6. The third-order valence-electron chi connectivity index (χ3n) is 4.61. The number of methoxy groups -OCH3 is 1. The molecule has 0 bridgehead atoms. The van der Waals surface area contributed by atoms with E-state index in [4.69, 9.17) is 4.74 Å². The molecule has 0 spiro atoms. The van der Waals surface area contributed by atoms with Gasteiger partial charge in [-0.25, -0.2) is 4.39 Å². The topological polar surface area (TPSA) is 46.6 Å². The molecule has 1 aliphatic heterocycles. The van der Waals surface area contributed by atoms with Crippen molar-refractivity contribution >= 4 is 40.5 Å². The van der Waals surface area contributed by atoms with E-state index < -0.39 is 17.4 Å². The summed E-state index contributed by atoms with van der Waals surface area (Å²) in [7, 11) is 2.88. The molecule has 2 aromatic rings. The molecule has 0 aromatic heterocycles. The summed E-state index contributed by atoms with van der Waals surface area (Å²) < 4.78 is 19.3. The van der Waals surface area contributed by atoms with Crippen LogP contribution in [0.2, 0.25) is 0 Å². The van der Waals surface area contributed by atoms with Crippen molar-refractivity contribution in [3.63, 3.8) is 0 Å². The average molecular weight is 465 g/mol. The first-order chi connectivity index (χ1) is 12.4. The number of halogens is 2. The number of carbonyl (C=O) groups is 2. The van der Waals surface area contributed by atoms with Gasteiger partial charge in [0.1, 0.15) is 5.82 Å². The van der Waals surface area contributed by atoms with Crippen molar-refractivity contribution < 1.29 is 18.7 Å². The fourth-order valence-electron chi connectivity index (χ4n) is 3.30. The average Bonchev–Trinajstić information content (AvgIpc) is 2.66. The number of ether oxygens (including phenoxy) is 1. The molecule has 0 saturated carbocycles. The summed E-state index contributed by atoms with van der Waals surface area (Å²) in [6.45, 7) is 0. The highest BCUT2D eigenvalue weighted by Gasteiger charge is 2.64. The lowest BCUT2D eigenvalue weighted by Gasteiger charge is -2.51. The lowest BCUT2D eigenvalue weighted by atomic mass is 9.67. The van der Waals surface area contributed by atoms with E-state index in [1.165, 1.54) is 24.1 Å². The highest BCUT2D eigenvalue weighted by atomic mass is 127. The second-order valence-corrected chi connectivity index (χ2v) is 7.36. The maximum absolute atomic E-state index is 13.3. The molecule has 2 atom stereocenters. The summed E-state index contributed by atoms with van der Waals surface area (Å²) >= 11 is 2.21. The van der Waals surface area contributed by atoms with Gasteiger partial charge < -0.3 is 9.64 Å². The van der Waals surface area contributed by atoms with Crippen molar-refractivity contribution in [2.45, 2.75) is 6.04 Å². The molecular formula is C20H17FINO3. The van der Waals surface area contributed by atoms with Gasteiger partial charge in [0.15, 0.2) is 5.41 Å². The van der Waals surface area contributed by atoms with Gasteiger partial charge in [-0.1, -0.05) is 36.4 Å². The van der Waals surface area contributed by atoms with E-state index in [0.717, 1.165) is 9.13 Å². The van der Waals surface area contributed by atoms with Crippen molar-refractivity contribution in [2.75, 3.05) is 14.2 Å². The summed E-state index contributed by atoms with van der Waals surface area (Å²) in [6.07, 6.45) is 3.34. The van der Waals surface area contributed by atoms with E-state index in [0.29, 0.717) is 5.56 Å². The summed E-state index contributed by atoms with van der Waals surface area (Å²) in [5.74, 6) is -1.35. The largest absolute Gasteiger partial charge is 0.468 e. The van der Waals surface area contributed by atoms with Crippen LogP contribution >= 0.6 is 22.6 Å². The van der Waals surface area contributed by atoms with Gasteiger partial charge in [0.05, 0.1) is 13.2 Å². The summed E-state index contributed by atoms with van der Waals surface area (Å²) in [6, 6.07) is 12.9. The number of carbonyl (C=O) groups excluding carboxylic acids is 2. The highest BCUT2D eigenvalue weighted by molar-refractivity contribution is 14.1. The second-order valence-electron chi connectivity index (χ2n) is 6.12. The number of β-lactam (4-membered cyclic amide) rings is 1. The first-order valence-electron chi connectivity index (χ1n) is 7.96. The molecule has 2 aromatic carbocycles. The third kappa shape index (κ3) is 3.02. The lowest BCUT2D eigenvalue weighted by molar-refractivity contribution is -0.180. The van der Waals surface area contributed by atoms with E-state index in [-0.39, 0.29) is 11.7 Å². The van der Waals surface area contributed by atoms with E-state index in [1.807, 2.05) is 24.3 Å². The van der Waals surface area contributed by atoms with Crippen molar-refractivity contribution in [3.8, 4) is 0 Å². The van der Waals surface area contributed by atoms with Crippen LogP contribution in [-0.2, 0) is 14.3 Å². The smallest absolute Gasteiger partial charge is 0.327 e. The SMILES string of the molecule is COC(=O)[C@]1(/C=C/c2ccc(I)cc2)C(=O)N(C)[C@@H]1c1ccc(F)cc1. The molecule has 3 rings (SSSR count). The van der Waals surface area contributed by atoms with Crippen LogP contribution in [0.25, 0.3) is 6.08 Å². The van der Waals surface area contributed by atoms with Crippen LogP contribution in [-0.4, -0.2) is 30.9 Å². The monoisotopic (exact) mass is 465 g/mol. The normalized spacial score (nSPS) is 22.4. The van der Waals surface area contributed by atoms with E-state index in [9.17, 15) is 14.0 Å². The zero-order valence-electron chi connectivity index (χ0n) is 14.3. The van der Waals surface area contributed by atoms with Crippen LogP contribution in [0.15, 0.2) is 54.6 Å². The minimum atomic E-state index is -1.45. The van der Waals surface area contributed by atoms with Gasteiger partial charge in [-0.05, 0) is 58.0 Å². The first-order valence-corrected chi connectivity index (χ1v) is 9.04. The molecule has 4 nitrogen and oxygen atoms in total. The number of likely N-dealkylation sites (tertiary alicyclic amines) is 1. The van der Waals surface area contributed by atoms with Crippen molar-refractivity contribution in [3.05, 3.63) is 75.1 Å². The van der Waals surface area contributed by atoms with Gasteiger partial charge in [0.2, 0.25) is 5.91 Å². The zero-order valence-corrected chi connectivity index (χ0v) is 16.4. The maximum Gasteiger partial charge on any atom is 0.327 e. The third-order valence-corrected chi connectivity index (χ3v) is 5.33. The Labute approximate surface area is 164 Å². The van der Waals surface area contributed by atoms with Gasteiger partial charge in [0, 0.05) is 10.6 Å². The predicted octanol–water partition coefficient (Wildman–Crippen LogP) is 3.82. The number of hydrogen-bond acceptors (Lipinski definition) is 3. The van der Waals surface area contributed by atoms with Crippen LogP contribution in [0, 0.1) is 14.8 Å². The van der Waals surface area contributed by atoms with Crippen molar-refractivity contribution in [2.24, 2.45) is 5.41 Å². The quantitative estimate of drug-likeness (QED) is 0.299. The molecule has 0 unspecified atom stereocenters. The number of esters is 1. The summed E-state index contributed by atoms with van der Waals surface area (Å²) in [4.78, 5) is 26.8. The number of nitrogens with zero attached hydrogens (tertiary/aromatic N) is 1. The maximum atomic E-state index is 13.3. The molecular weight excluding hydrogens is 448 g/mol. The zero-order chi connectivity index (χ0) is 18.9. The molecule has 6 heteroatoms. The van der Waals surface area contributed by atoms with Crippen LogP contribution in [0.5, 0.6) is 0 Å². The fraction of sp³-hybridized carbons (Fsp3) is 0.200. The minimum Gasteiger partial charge on any atom is -0.468 e. The van der Waals surface area contributed by atoms with Crippen LogP contribution in [0.4, 0.5) is 4.39 Å². The van der Waals surface area contributed by atoms with E-state index in [1.54, 1.807) is 31.3 Å². The molecule has 0 aliphatic carbocycles. The number of hydrogen-bond donors (Lipinski definition) is 0. The lowest BCUT2D eigenvalue weighted by Crippen LogP contribution is -2.64. The number of rotatable bonds is 4. The Kier molecular flexibility index (Phi) is 5.13. The molecule has 1 heterocycles. The van der Waals surface area contributed by atoms with Gasteiger partial charge >= 0.3 is 5.97 Å². The van der Waals surface area contributed by atoms with E-state index in [2.05, 4.69) is 22.6 Å². The Balaban J connectivity index is 2.04. The summed E-state index contributed by atoms with van der Waals surface area (Å²) in [5.41, 5.74) is 0.0877. The molecule has 26 heavy (non-hydrogen) atoms. The second kappa shape index (κ2) is 7.19. The number of amides is 1. The van der Waals surface area contributed by atoms with Gasteiger partial charge in [-0.15, -0.1) is 0 Å². The van der Waals surface area contributed by atoms with Gasteiger partial charge in [-0.2, -0.15) is 0 Å². The minimum absolute atomic E-state index is 0.347. The fourth-order valence-corrected chi connectivity index (χ4v) is 3.66. The van der Waals surface area contributed by atoms with Crippen molar-refractivity contribution in [1.29, 1.82) is 0 Å².